The first-order chi connectivity index (χ1) is 22.2. The van der Waals surface area contributed by atoms with Gasteiger partial charge in [-0.1, -0.05) is 198 Å². The summed E-state index contributed by atoms with van der Waals surface area (Å²) in [4.78, 5) is 21.7. The monoisotopic (exact) mass is 811 g/mol. The third-order valence-electron chi connectivity index (χ3n) is 8.95. The molecule has 0 saturated carbocycles. The summed E-state index contributed by atoms with van der Waals surface area (Å²) < 4.78 is 5.09. The number of hydrogen-bond donors (Lipinski definition) is 2. The molecular weight excluding hydrogens is 720 g/mol. The van der Waals surface area contributed by atoms with E-state index in [1.165, 1.54) is 116 Å². The number of rotatable bonds is 28. The minimum atomic E-state index is -0.613. The average molecular weight is 811 g/mol. The Hall–Kier alpha value is -0.305. The molecule has 7 heteroatoms. The largest absolute Gasteiger partial charge is 0.481 e. The molecule has 1 aliphatic heterocycles. The van der Waals surface area contributed by atoms with Gasteiger partial charge in [0.15, 0.2) is 0 Å². The molecule has 1 rings (SSSR count). The molecule has 3 radical (unpaired) electrons. The number of aliphatic carboxylic acids is 1. The van der Waals surface area contributed by atoms with Crippen LogP contribution < -0.4 is 5.73 Å². The number of carboxylic acid groups (broad SMARTS) is 1. The molecule has 4 atom stereocenters. The van der Waals surface area contributed by atoms with Crippen molar-refractivity contribution in [3.8, 4) is 0 Å². The van der Waals surface area contributed by atoms with Crippen LogP contribution in [0, 0.1) is 17.8 Å². The van der Waals surface area contributed by atoms with Gasteiger partial charge in [0.05, 0.1) is 18.6 Å². The molecule has 0 aromatic carbocycles. The van der Waals surface area contributed by atoms with E-state index in [1.807, 2.05) is 6.92 Å². The fraction of sp³-hybridized carbons (Fsp3) is 0.952. The van der Waals surface area contributed by atoms with E-state index in [1.54, 1.807) is 0 Å². The van der Waals surface area contributed by atoms with Gasteiger partial charge < -0.3 is 15.6 Å². The summed E-state index contributed by atoms with van der Waals surface area (Å²) in [6.45, 7) is 18.7. The zero-order valence-corrected chi connectivity index (χ0v) is 36.0. The van der Waals surface area contributed by atoms with E-state index in [2.05, 4.69) is 48.5 Å². The van der Waals surface area contributed by atoms with Crippen molar-refractivity contribution in [3.05, 3.63) is 0 Å². The minimum absolute atomic E-state index is 0. The van der Waals surface area contributed by atoms with E-state index < -0.39 is 5.97 Å². The third-order valence-corrected chi connectivity index (χ3v) is 8.95. The lowest BCUT2D eigenvalue weighted by Gasteiger charge is -2.11. The van der Waals surface area contributed by atoms with Crippen LogP contribution in [0.2, 0.25) is 0 Å². The van der Waals surface area contributed by atoms with Gasteiger partial charge in [0.25, 0.3) is 0 Å². The number of hydrogen-bond acceptors (Lipinski definition) is 3. The van der Waals surface area contributed by atoms with Crippen LogP contribution in [0.3, 0.4) is 0 Å². The van der Waals surface area contributed by atoms with Crippen molar-refractivity contribution < 1.29 is 19.4 Å². The van der Waals surface area contributed by atoms with Crippen molar-refractivity contribution in [1.29, 1.82) is 0 Å². The first kappa shape index (κ1) is 60.8. The molecule has 0 spiro atoms. The first-order valence-corrected chi connectivity index (χ1v) is 20.3. The number of carbonyl (C=O) groups excluding carboxylic acids is 1. The van der Waals surface area contributed by atoms with Crippen LogP contribution in [-0.4, -0.2) is 38.1 Å². The van der Waals surface area contributed by atoms with Crippen LogP contribution in [0.4, 0.5) is 0 Å². The van der Waals surface area contributed by atoms with Crippen molar-refractivity contribution in [2.24, 2.45) is 23.5 Å². The fourth-order valence-corrected chi connectivity index (χ4v) is 5.74. The predicted octanol–water partition coefficient (Wildman–Crippen LogP) is 13.9. The van der Waals surface area contributed by atoms with Gasteiger partial charge >= 0.3 is 5.97 Å². The van der Waals surface area contributed by atoms with Crippen LogP contribution in [-0.2, 0) is 14.3 Å². The smallest absolute Gasteiger partial charge is 0.306 e. The number of unbranched alkanes of at least 4 members (excludes halogenated alkanes) is 12. The molecule has 0 aromatic rings. The molecule has 49 heavy (non-hydrogen) atoms. The lowest BCUT2D eigenvalue weighted by Crippen LogP contribution is -2.23. The van der Waals surface area contributed by atoms with Gasteiger partial charge in [0.2, 0.25) is 5.91 Å². The summed E-state index contributed by atoms with van der Waals surface area (Å²) in [5.41, 5.74) is 5.30. The van der Waals surface area contributed by atoms with Crippen LogP contribution in [0.15, 0.2) is 0 Å². The van der Waals surface area contributed by atoms with Gasteiger partial charge in [-0.2, -0.15) is 0 Å². The summed E-state index contributed by atoms with van der Waals surface area (Å²) >= 11 is 0. The van der Waals surface area contributed by atoms with Gasteiger partial charge in [-0.25, -0.2) is 0 Å². The van der Waals surface area contributed by atoms with Crippen LogP contribution in [0.5, 0.6) is 0 Å². The predicted molar refractivity (Wildman–Crippen MR) is 230 cm³/mol. The molecule has 0 aliphatic carbocycles. The molecular formula is C42H90BINO4. The Labute approximate surface area is 328 Å². The number of ether oxygens (including phenoxy) is 1. The van der Waals surface area contributed by atoms with E-state index >= 15 is 0 Å². The number of primary amides is 1. The molecule has 0 unspecified atom stereocenters. The Morgan fingerprint density at radius 2 is 0.959 bits per heavy atom. The van der Waals surface area contributed by atoms with Gasteiger partial charge in [-0.05, 0) is 38.0 Å². The van der Waals surface area contributed by atoms with Gasteiger partial charge in [-0.15, -0.1) is 24.0 Å². The molecule has 0 bridgehead atoms. The number of amides is 1. The fourth-order valence-electron chi connectivity index (χ4n) is 5.74. The molecule has 297 valence electrons. The van der Waals surface area contributed by atoms with Gasteiger partial charge in [0.1, 0.15) is 0 Å². The molecule has 1 saturated heterocycles. The number of epoxide rings is 1. The van der Waals surface area contributed by atoms with Gasteiger partial charge in [0, 0.05) is 14.3 Å². The van der Waals surface area contributed by atoms with E-state index in [0.29, 0.717) is 6.10 Å². The Kier molecular flexibility index (Phi) is 61.8. The van der Waals surface area contributed by atoms with E-state index in [-0.39, 0.29) is 57.6 Å². The van der Waals surface area contributed by atoms with E-state index in [4.69, 9.17) is 15.6 Å². The maximum absolute atomic E-state index is 11.0. The summed E-state index contributed by atoms with van der Waals surface area (Å²) in [6, 6.07) is 0. The second-order valence-electron chi connectivity index (χ2n) is 14.0. The Morgan fingerprint density at radius 1 is 0.592 bits per heavy atom. The SMILES string of the molecule is C.CCCCCC[C@@H](C)CCC.CCCCCC[C@@H](CCC)C(=O)O.CCCCCC[C@@H](CCC)C(N)=O.CCCCCC[C@@H]1CO1.I.[B]. The van der Waals surface area contributed by atoms with E-state index in [0.717, 1.165) is 63.9 Å². The zero-order valence-electron chi connectivity index (χ0n) is 33.6. The highest BCUT2D eigenvalue weighted by atomic mass is 127. The van der Waals surface area contributed by atoms with Crippen LogP contribution in [0.25, 0.3) is 0 Å². The normalized spacial score (nSPS) is 14.2. The molecule has 5 nitrogen and oxygen atoms in total. The lowest BCUT2D eigenvalue weighted by atomic mass is 9.96. The van der Waals surface area contributed by atoms with Crippen molar-refractivity contribution >= 4 is 44.3 Å². The van der Waals surface area contributed by atoms with Crippen molar-refractivity contribution in [3.63, 3.8) is 0 Å². The minimum Gasteiger partial charge on any atom is -0.481 e. The third kappa shape index (κ3) is 52.2. The maximum atomic E-state index is 11.0. The van der Waals surface area contributed by atoms with Crippen molar-refractivity contribution in [2.45, 2.75) is 236 Å². The average Bonchev–Trinajstić information content (AvgIpc) is 3.86. The Bertz CT molecular complexity index is 589. The number of carboxylic acids is 1. The zero-order chi connectivity index (χ0) is 35.3. The quantitative estimate of drug-likeness (QED) is 0.0356. The Balaban J connectivity index is -0.000000124. The number of halogens is 1. The lowest BCUT2D eigenvalue weighted by molar-refractivity contribution is -0.142. The van der Waals surface area contributed by atoms with Gasteiger partial charge in [-0.3, -0.25) is 9.59 Å². The molecule has 1 amide bonds. The Morgan fingerprint density at radius 3 is 1.31 bits per heavy atom. The highest BCUT2D eigenvalue weighted by Gasteiger charge is 2.20. The first-order valence-electron chi connectivity index (χ1n) is 20.3. The molecule has 3 N–H and O–H groups in total. The molecule has 1 heterocycles. The molecule has 1 fully saturated rings. The second kappa shape index (κ2) is 49.8. The summed E-state index contributed by atoms with van der Waals surface area (Å²) in [6.07, 6.45) is 32.7. The topological polar surface area (TPSA) is 92.9 Å². The molecule has 0 aromatic heterocycles. The highest BCUT2D eigenvalue weighted by molar-refractivity contribution is 14.0. The van der Waals surface area contributed by atoms with Crippen molar-refractivity contribution in [2.75, 3.05) is 6.61 Å². The van der Waals surface area contributed by atoms with Crippen LogP contribution in [0.1, 0.15) is 230 Å². The van der Waals surface area contributed by atoms with Crippen molar-refractivity contribution in [1.82, 2.24) is 0 Å². The molecule has 1 aliphatic rings. The summed E-state index contributed by atoms with van der Waals surface area (Å²) in [7, 11) is 0. The second-order valence-corrected chi connectivity index (χ2v) is 14.0. The summed E-state index contributed by atoms with van der Waals surface area (Å²) in [5.74, 6) is 0.275. The number of nitrogens with two attached hydrogens (primary N) is 1. The maximum Gasteiger partial charge on any atom is 0.306 e. The number of carbonyl (C=O) groups is 2. The van der Waals surface area contributed by atoms with E-state index in [9.17, 15) is 9.59 Å². The highest BCUT2D eigenvalue weighted by Crippen LogP contribution is 2.18. The summed E-state index contributed by atoms with van der Waals surface area (Å²) in [5, 5.41) is 8.86. The standard InChI is InChI=1S/C11H23NO.C11H22O2.C11H24.C8H16O.CH4.B.HI/c2*1-3-5-6-7-9-10(8-4-2)11(12)13;1-4-6-7-8-10-11(3)9-5-2;1-2-3-4-5-6-8-7-9-8;;;/h10H,3-9H2,1-2H3,(H2,12,13);10H,3-9H2,1-2H3,(H,12,13);11H,4-10H2,1-3H3;8H,2-7H2,1H3;1H4;;1H/t2*10-;11-;8-;;;/m1101.../s1. The van der Waals surface area contributed by atoms with Crippen LogP contribution >= 0.6 is 24.0 Å².